The molecule has 0 radical (unpaired) electrons. The molecule has 0 aromatic carbocycles. The number of carboxylic acids is 1. The summed E-state index contributed by atoms with van der Waals surface area (Å²) in [4.78, 5) is 28.1. The van der Waals surface area contributed by atoms with Gasteiger partial charge in [0.15, 0.2) is 0 Å². The van der Waals surface area contributed by atoms with Gasteiger partial charge in [0.1, 0.15) is 11.9 Å². The van der Waals surface area contributed by atoms with Gasteiger partial charge in [0.05, 0.1) is 5.56 Å². The molecule has 0 aliphatic carbocycles. The van der Waals surface area contributed by atoms with E-state index in [9.17, 15) is 9.59 Å². The largest absolute Gasteiger partial charge is 0.478 e. The number of aromatic nitrogens is 1. The normalized spacial score (nSPS) is 19.9. The van der Waals surface area contributed by atoms with Crippen LogP contribution < -0.4 is 10.2 Å². The van der Waals surface area contributed by atoms with Gasteiger partial charge >= 0.3 is 5.97 Å². The quantitative estimate of drug-likeness (QED) is 0.760. The minimum atomic E-state index is -1.01. The second kappa shape index (κ2) is 4.40. The average molecular weight is 235 g/mol. The molecule has 0 bridgehead atoms. The minimum absolute atomic E-state index is 0.0413. The molecule has 1 aromatic rings. The van der Waals surface area contributed by atoms with Crippen molar-refractivity contribution in [2.45, 2.75) is 13.0 Å². The third kappa shape index (κ3) is 2.20. The zero-order valence-electron chi connectivity index (χ0n) is 9.38. The Morgan fingerprint density at radius 2 is 2.35 bits per heavy atom. The fraction of sp³-hybridized carbons (Fsp3) is 0.364. The van der Waals surface area contributed by atoms with Crippen LogP contribution >= 0.6 is 0 Å². The van der Waals surface area contributed by atoms with Crippen LogP contribution in [0.5, 0.6) is 0 Å². The summed E-state index contributed by atoms with van der Waals surface area (Å²) in [5, 5.41) is 11.5. The maximum atomic E-state index is 11.5. The van der Waals surface area contributed by atoms with Gasteiger partial charge in [-0.1, -0.05) is 0 Å². The molecule has 1 aromatic heterocycles. The number of piperazine rings is 1. The van der Waals surface area contributed by atoms with E-state index in [1.54, 1.807) is 13.0 Å². The van der Waals surface area contributed by atoms with E-state index in [0.29, 0.717) is 18.9 Å². The average Bonchev–Trinajstić information content (AvgIpc) is 2.33. The second-order valence-electron chi connectivity index (χ2n) is 3.87. The predicted molar refractivity (Wildman–Crippen MR) is 61.0 cm³/mol. The van der Waals surface area contributed by atoms with Crippen LogP contribution in [0.25, 0.3) is 0 Å². The Hall–Kier alpha value is -2.11. The monoisotopic (exact) mass is 235 g/mol. The number of nitrogens with zero attached hydrogens (tertiary/aromatic N) is 2. The van der Waals surface area contributed by atoms with Gasteiger partial charge in [-0.15, -0.1) is 0 Å². The van der Waals surface area contributed by atoms with Crippen LogP contribution in [-0.4, -0.2) is 41.1 Å². The van der Waals surface area contributed by atoms with Gasteiger partial charge in [-0.05, 0) is 19.1 Å². The van der Waals surface area contributed by atoms with Crippen LogP contribution in [-0.2, 0) is 4.79 Å². The summed E-state index contributed by atoms with van der Waals surface area (Å²) in [6.07, 6.45) is 1.30. The summed E-state index contributed by atoms with van der Waals surface area (Å²) in [5.74, 6) is -0.425. The van der Waals surface area contributed by atoms with Gasteiger partial charge < -0.3 is 15.3 Å². The SMILES string of the molecule is CC1C(=O)NCCN1c1ccc(C(=O)O)cn1. The summed E-state index contributed by atoms with van der Waals surface area (Å²) >= 11 is 0. The van der Waals surface area contributed by atoms with Crippen molar-refractivity contribution in [3.63, 3.8) is 0 Å². The summed E-state index contributed by atoms with van der Waals surface area (Å²) in [6.45, 7) is 3.04. The summed E-state index contributed by atoms with van der Waals surface area (Å²) in [6, 6.07) is 2.83. The Kier molecular flexibility index (Phi) is 2.95. The molecule has 2 rings (SSSR count). The van der Waals surface area contributed by atoms with Gasteiger partial charge in [0, 0.05) is 19.3 Å². The van der Waals surface area contributed by atoms with E-state index in [1.165, 1.54) is 12.3 Å². The molecule has 0 saturated carbocycles. The maximum absolute atomic E-state index is 11.5. The lowest BCUT2D eigenvalue weighted by Gasteiger charge is -2.33. The molecule has 1 unspecified atom stereocenters. The zero-order valence-corrected chi connectivity index (χ0v) is 9.38. The Morgan fingerprint density at radius 1 is 1.59 bits per heavy atom. The smallest absolute Gasteiger partial charge is 0.337 e. The van der Waals surface area contributed by atoms with E-state index < -0.39 is 5.97 Å². The van der Waals surface area contributed by atoms with Crippen molar-refractivity contribution in [2.24, 2.45) is 0 Å². The van der Waals surface area contributed by atoms with Crippen molar-refractivity contribution in [3.8, 4) is 0 Å². The number of aromatic carboxylic acids is 1. The van der Waals surface area contributed by atoms with Crippen molar-refractivity contribution in [2.75, 3.05) is 18.0 Å². The van der Waals surface area contributed by atoms with E-state index >= 15 is 0 Å². The molecule has 90 valence electrons. The van der Waals surface area contributed by atoms with Crippen molar-refractivity contribution in [3.05, 3.63) is 23.9 Å². The van der Waals surface area contributed by atoms with Gasteiger partial charge in [-0.25, -0.2) is 9.78 Å². The highest BCUT2D eigenvalue weighted by molar-refractivity contribution is 5.88. The van der Waals surface area contributed by atoms with Gasteiger partial charge in [-0.2, -0.15) is 0 Å². The lowest BCUT2D eigenvalue weighted by molar-refractivity contribution is -0.122. The van der Waals surface area contributed by atoms with Crippen LogP contribution in [0.3, 0.4) is 0 Å². The highest BCUT2D eigenvalue weighted by atomic mass is 16.4. The fourth-order valence-electron chi connectivity index (χ4n) is 1.78. The number of carboxylic acid groups (broad SMARTS) is 1. The van der Waals surface area contributed by atoms with Crippen molar-refractivity contribution in [1.29, 1.82) is 0 Å². The molecule has 1 aliphatic heterocycles. The highest BCUT2D eigenvalue weighted by Gasteiger charge is 2.26. The molecule has 1 saturated heterocycles. The van der Waals surface area contributed by atoms with Crippen LogP contribution in [0.4, 0.5) is 5.82 Å². The van der Waals surface area contributed by atoms with Crippen LogP contribution in [0.2, 0.25) is 0 Å². The van der Waals surface area contributed by atoms with Gasteiger partial charge in [0.2, 0.25) is 5.91 Å². The van der Waals surface area contributed by atoms with Crippen molar-refractivity contribution < 1.29 is 14.7 Å². The van der Waals surface area contributed by atoms with Crippen LogP contribution in [0.1, 0.15) is 17.3 Å². The zero-order chi connectivity index (χ0) is 12.4. The molecule has 1 amide bonds. The van der Waals surface area contributed by atoms with Crippen molar-refractivity contribution >= 4 is 17.7 Å². The highest BCUT2D eigenvalue weighted by Crippen LogP contribution is 2.16. The third-order valence-electron chi connectivity index (χ3n) is 2.79. The number of hydrogen-bond donors (Lipinski definition) is 2. The van der Waals surface area contributed by atoms with Gasteiger partial charge in [-0.3, -0.25) is 4.79 Å². The number of carbonyl (C=O) groups is 2. The molecule has 0 spiro atoms. The number of anilines is 1. The number of carbonyl (C=O) groups excluding carboxylic acids is 1. The summed E-state index contributed by atoms with van der Waals surface area (Å²) in [5.41, 5.74) is 0.142. The second-order valence-corrected chi connectivity index (χ2v) is 3.87. The first-order valence-corrected chi connectivity index (χ1v) is 5.33. The first-order chi connectivity index (χ1) is 8.09. The molecule has 2 heterocycles. The Bertz CT molecular complexity index is 444. The van der Waals surface area contributed by atoms with Gasteiger partial charge in [0.25, 0.3) is 0 Å². The number of hydrogen-bond acceptors (Lipinski definition) is 4. The fourth-order valence-corrected chi connectivity index (χ4v) is 1.78. The van der Waals surface area contributed by atoms with Crippen molar-refractivity contribution in [1.82, 2.24) is 10.3 Å². The topological polar surface area (TPSA) is 82.5 Å². The number of amides is 1. The molecular weight excluding hydrogens is 222 g/mol. The van der Waals surface area contributed by atoms with E-state index in [-0.39, 0.29) is 17.5 Å². The molecule has 1 aliphatic rings. The Morgan fingerprint density at radius 3 is 2.94 bits per heavy atom. The van der Waals surface area contributed by atoms with Crippen LogP contribution in [0.15, 0.2) is 18.3 Å². The third-order valence-corrected chi connectivity index (χ3v) is 2.79. The molecule has 1 fully saturated rings. The molecular formula is C11H13N3O3. The van der Waals surface area contributed by atoms with E-state index in [4.69, 9.17) is 5.11 Å². The lowest BCUT2D eigenvalue weighted by Crippen LogP contribution is -2.54. The van der Waals surface area contributed by atoms with Crippen LogP contribution in [0, 0.1) is 0 Å². The van der Waals surface area contributed by atoms with E-state index in [1.807, 2.05) is 4.90 Å². The minimum Gasteiger partial charge on any atom is -0.478 e. The van der Waals surface area contributed by atoms with E-state index in [0.717, 1.165) is 0 Å². The first kappa shape index (κ1) is 11.4. The Balaban J connectivity index is 2.22. The van der Waals surface area contributed by atoms with E-state index in [2.05, 4.69) is 10.3 Å². The lowest BCUT2D eigenvalue weighted by atomic mass is 10.2. The predicted octanol–water partition coefficient (Wildman–Crippen LogP) is 0.104. The number of nitrogens with one attached hydrogen (secondary N) is 1. The molecule has 6 heteroatoms. The molecule has 2 N–H and O–H groups in total. The molecule has 6 nitrogen and oxygen atoms in total. The number of rotatable bonds is 2. The first-order valence-electron chi connectivity index (χ1n) is 5.33. The molecule has 1 atom stereocenters. The summed E-state index contributed by atoms with van der Waals surface area (Å²) in [7, 11) is 0. The number of pyridine rings is 1. The maximum Gasteiger partial charge on any atom is 0.337 e. The Labute approximate surface area is 98.3 Å². The standard InChI is InChI=1S/C11H13N3O3/c1-7-10(15)12-4-5-14(7)9-3-2-8(6-13-9)11(16)17/h2-3,6-7H,4-5H2,1H3,(H,12,15)(H,16,17). The molecule has 17 heavy (non-hydrogen) atoms. The summed E-state index contributed by atoms with van der Waals surface area (Å²) < 4.78 is 0.